The Bertz CT molecular complexity index is 412. The molecule has 7 heteroatoms. The minimum atomic E-state index is -3.51. The Balaban J connectivity index is 2.56. The van der Waals surface area contributed by atoms with E-state index in [-0.39, 0.29) is 17.6 Å². The predicted molar refractivity (Wildman–Crippen MR) is 65.8 cm³/mol. The van der Waals surface area contributed by atoms with Gasteiger partial charge in [0.1, 0.15) is 0 Å². The lowest BCUT2D eigenvalue weighted by atomic mass is 9.95. The van der Waals surface area contributed by atoms with E-state index in [0.29, 0.717) is 5.92 Å². The Labute approximate surface area is 102 Å². The highest BCUT2D eigenvalue weighted by atomic mass is 32.2. The van der Waals surface area contributed by atoms with Gasteiger partial charge in [-0.3, -0.25) is 5.10 Å². The minimum absolute atomic E-state index is 0.0641. The maximum Gasteiger partial charge on any atom is 0.257 e. The molecule has 1 atom stereocenters. The molecule has 0 aliphatic carbocycles. The first-order valence-electron chi connectivity index (χ1n) is 5.75. The topological polar surface area (TPSA) is 101 Å². The summed E-state index contributed by atoms with van der Waals surface area (Å²) in [6, 6.07) is 1.24. The van der Waals surface area contributed by atoms with Gasteiger partial charge >= 0.3 is 0 Å². The van der Waals surface area contributed by atoms with Crippen LogP contribution in [0.5, 0.6) is 0 Å². The van der Waals surface area contributed by atoms with E-state index in [1.807, 2.05) is 0 Å². The number of aromatic nitrogens is 2. The Kier molecular flexibility index (Phi) is 5.10. The van der Waals surface area contributed by atoms with Gasteiger partial charge in [0.25, 0.3) is 10.0 Å². The zero-order valence-corrected chi connectivity index (χ0v) is 11.0. The molecule has 6 nitrogen and oxygen atoms in total. The van der Waals surface area contributed by atoms with E-state index in [4.69, 9.17) is 5.73 Å². The van der Waals surface area contributed by atoms with Crippen LogP contribution in [0.15, 0.2) is 17.3 Å². The van der Waals surface area contributed by atoms with Crippen molar-refractivity contribution in [2.75, 3.05) is 6.54 Å². The molecule has 1 aromatic heterocycles. The van der Waals surface area contributed by atoms with Crippen LogP contribution < -0.4 is 10.5 Å². The summed E-state index contributed by atoms with van der Waals surface area (Å²) in [5.41, 5.74) is 5.95. The van der Waals surface area contributed by atoms with Gasteiger partial charge in [-0.15, -0.1) is 0 Å². The standard InChI is InChI=1S/C10H20N4O2S/c1-3-8(4-2)9(11)7-13-17(15,16)10-5-6-12-14-10/h5-6,8-9,13H,3-4,7,11H2,1-2H3,(H,12,14). The van der Waals surface area contributed by atoms with Crippen LogP contribution in [0.1, 0.15) is 26.7 Å². The zero-order chi connectivity index (χ0) is 12.9. The lowest BCUT2D eigenvalue weighted by molar-refractivity contribution is 0.392. The van der Waals surface area contributed by atoms with E-state index in [0.717, 1.165) is 12.8 Å². The van der Waals surface area contributed by atoms with Gasteiger partial charge in [-0.05, 0) is 12.0 Å². The number of nitrogens with zero attached hydrogens (tertiary/aromatic N) is 1. The summed E-state index contributed by atoms with van der Waals surface area (Å²) >= 11 is 0. The van der Waals surface area contributed by atoms with Crippen molar-refractivity contribution in [2.24, 2.45) is 11.7 Å². The van der Waals surface area contributed by atoms with Crippen molar-refractivity contribution in [3.05, 3.63) is 12.3 Å². The third-order valence-electron chi connectivity index (χ3n) is 2.93. The average Bonchev–Trinajstić information content (AvgIpc) is 2.82. The van der Waals surface area contributed by atoms with Crippen LogP contribution in [0, 0.1) is 5.92 Å². The van der Waals surface area contributed by atoms with E-state index in [1.165, 1.54) is 12.3 Å². The SMILES string of the molecule is CCC(CC)C(N)CNS(=O)(=O)c1ccn[nH]1. The normalized spacial score (nSPS) is 14.1. The lowest BCUT2D eigenvalue weighted by Gasteiger charge is -2.21. The molecule has 17 heavy (non-hydrogen) atoms. The fraction of sp³-hybridized carbons (Fsp3) is 0.700. The third kappa shape index (κ3) is 3.79. The lowest BCUT2D eigenvalue weighted by Crippen LogP contribution is -2.41. The Morgan fingerprint density at radius 2 is 2.12 bits per heavy atom. The minimum Gasteiger partial charge on any atom is -0.326 e. The van der Waals surface area contributed by atoms with Gasteiger partial charge in [0.15, 0.2) is 5.03 Å². The Hall–Kier alpha value is -0.920. The van der Waals surface area contributed by atoms with E-state index in [9.17, 15) is 8.42 Å². The fourth-order valence-electron chi connectivity index (χ4n) is 1.74. The first-order valence-corrected chi connectivity index (χ1v) is 7.24. The summed E-state index contributed by atoms with van der Waals surface area (Å²) in [5.74, 6) is 0.333. The fourth-order valence-corrected chi connectivity index (χ4v) is 2.72. The number of nitrogens with one attached hydrogen (secondary N) is 2. The van der Waals surface area contributed by atoms with Gasteiger partial charge in [-0.2, -0.15) is 5.10 Å². The highest BCUT2D eigenvalue weighted by Crippen LogP contribution is 2.11. The second kappa shape index (κ2) is 6.13. The maximum atomic E-state index is 11.8. The molecule has 1 rings (SSSR count). The number of H-pyrrole nitrogens is 1. The van der Waals surface area contributed by atoms with Crippen LogP contribution in [0.4, 0.5) is 0 Å². The summed E-state index contributed by atoms with van der Waals surface area (Å²) < 4.78 is 26.0. The largest absolute Gasteiger partial charge is 0.326 e. The second-order valence-electron chi connectivity index (χ2n) is 4.01. The number of sulfonamides is 1. The molecule has 0 aliphatic heterocycles. The number of rotatable bonds is 7. The van der Waals surface area contributed by atoms with Crippen molar-refractivity contribution in [3.8, 4) is 0 Å². The molecule has 0 aliphatic rings. The van der Waals surface area contributed by atoms with E-state index in [2.05, 4.69) is 28.8 Å². The summed E-state index contributed by atoms with van der Waals surface area (Å²) in [6.07, 6.45) is 3.29. The molecule has 1 unspecified atom stereocenters. The highest BCUT2D eigenvalue weighted by molar-refractivity contribution is 7.89. The number of nitrogens with two attached hydrogens (primary N) is 1. The molecule has 0 aromatic carbocycles. The molecule has 0 saturated carbocycles. The van der Waals surface area contributed by atoms with Crippen LogP contribution in [-0.4, -0.2) is 31.2 Å². The molecule has 1 heterocycles. The summed E-state index contributed by atoms with van der Waals surface area (Å²) in [6.45, 7) is 4.35. The molecule has 0 radical (unpaired) electrons. The van der Waals surface area contributed by atoms with Crippen LogP contribution in [-0.2, 0) is 10.0 Å². The van der Waals surface area contributed by atoms with Gasteiger partial charge in [-0.25, -0.2) is 13.1 Å². The van der Waals surface area contributed by atoms with E-state index >= 15 is 0 Å². The summed E-state index contributed by atoms with van der Waals surface area (Å²) in [4.78, 5) is 0. The van der Waals surface area contributed by atoms with E-state index in [1.54, 1.807) is 0 Å². The van der Waals surface area contributed by atoms with Crippen LogP contribution in [0.2, 0.25) is 0 Å². The van der Waals surface area contributed by atoms with Gasteiger partial charge in [-0.1, -0.05) is 26.7 Å². The number of hydrogen-bond donors (Lipinski definition) is 3. The van der Waals surface area contributed by atoms with Crippen molar-refractivity contribution < 1.29 is 8.42 Å². The smallest absolute Gasteiger partial charge is 0.257 e. The monoisotopic (exact) mass is 260 g/mol. The maximum absolute atomic E-state index is 11.8. The molecule has 1 aromatic rings. The molecule has 0 amide bonds. The molecule has 4 N–H and O–H groups in total. The Morgan fingerprint density at radius 3 is 2.59 bits per heavy atom. The molecule has 98 valence electrons. The van der Waals surface area contributed by atoms with Gasteiger partial charge < -0.3 is 5.73 Å². The summed E-state index contributed by atoms with van der Waals surface area (Å²) in [7, 11) is -3.51. The Morgan fingerprint density at radius 1 is 1.47 bits per heavy atom. The van der Waals surface area contributed by atoms with Crippen LogP contribution in [0.25, 0.3) is 0 Å². The molecule has 0 saturated heterocycles. The van der Waals surface area contributed by atoms with Crippen LogP contribution >= 0.6 is 0 Å². The molecule has 0 bridgehead atoms. The first-order chi connectivity index (χ1) is 8.01. The highest BCUT2D eigenvalue weighted by Gasteiger charge is 2.19. The average molecular weight is 260 g/mol. The number of aromatic amines is 1. The first kappa shape index (κ1) is 14.1. The molecule has 0 fully saturated rings. The van der Waals surface area contributed by atoms with Crippen molar-refractivity contribution in [3.63, 3.8) is 0 Å². The summed E-state index contributed by atoms with van der Waals surface area (Å²) in [5, 5.41) is 6.09. The van der Waals surface area contributed by atoms with Crippen molar-refractivity contribution in [2.45, 2.75) is 37.8 Å². The van der Waals surface area contributed by atoms with Crippen molar-refractivity contribution in [1.82, 2.24) is 14.9 Å². The van der Waals surface area contributed by atoms with Gasteiger partial charge in [0.2, 0.25) is 0 Å². The van der Waals surface area contributed by atoms with Crippen molar-refractivity contribution >= 4 is 10.0 Å². The van der Waals surface area contributed by atoms with Gasteiger partial charge in [0, 0.05) is 12.6 Å². The number of hydrogen-bond acceptors (Lipinski definition) is 4. The molecule has 0 spiro atoms. The van der Waals surface area contributed by atoms with Gasteiger partial charge in [0.05, 0.1) is 6.20 Å². The van der Waals surface area contributed by atoms with E-state index < -0.39 is 10.0 Å². The van der Waals surface area contributed by atoms with Crippen molar-refractivity contribution in [1.29, 1.82) is 0 Å². The molecular formula is C10H20N4O2S. The quantitative estimate of drug-likeness (QED) is 0.662. The molecular weight excluding hydrogens is 240 g/mol. The second-order valence-corrected chi connectivity index (χ2v) is 5.75. The van der Waals surface area contributed by atoms with Crippen LogP contribution in [0.3, 0.4) is 0 Å². The third-order valence-corrected chi connectivity index (χ3v) is 4.28. The predicted octanol–water partition coefficient (Wildman–Crippen LogP) is 0.452. The zero-order valence-electron chi connectivity index (χ0n) is 10.2.